The van der Waals surface area contributed by atoms with Gasteiger partial charge in [-0.05, 0) is 67.0 Å². The highest BCUT2D eigenvalue weighted by Gasteiger charge is 2.54. The van der Waals surface area contributed by atoms with Crippen molar-refractivity contribution in [3.63, 3.8) is 0 Å². The van der Waals surface area contributed by atoms with Crippen molar-refractivity contribution < 1.29 is 14.1 Å². The van der Waals surface area contributed by atoms with Gasteiger partial charge in [-0.3, -0.25) is 0 Å². The van der Waals surface area contributed by atoms with Crippen molar-refractivity contribution in [2.45, 2.75) is 44.4 Å². The quantitative estimate of drug-likeness (QED) is 0.226. The number of ether oxygens (including phenoxy) is 1. The van der Waals surface area contributed by atoms with Gasteiger partial charge in [-0.15, -0.1) is 0 Å². The van der Waals surface area contributed by atoms with Gasteiger partial charge in [0.25, 0.3) is 0 Å². The Labute approximate surface area is 239 Å². The van der Waals surface area contributed by atoms with Gasteiger partial charge in [0.15, 0.2) is 0 Å². The Hall–Kier alpha value is -4.58. The van der Waals surface area contributed by atoms with Crippen LogP contribution in [0.3, 0.4) is 0 Å². The van der Waals surface area contributed by atoms with Crippen LogP contribution >= 0.6 is 0 Å². The zero-order valence-electron chi connectivity index (χ0n) is 23.4. The molecule has 0 saturated heterocycles. The minimum Gasteiger partial charge on any atom is -0.465 e. The Morgan fingerprint density at radius 1 is 0.951 bits per heavy atom. The third-order valence-corrected chi connectivity index (χ3v) is 9.11. The molecule has 0 unspecified atom stereocenters. The highest BCUT2D eigenvalue weighted by atomic mass is 16.5. The molecule has 2 aliphatic carbocycles. The van der Waals surface area contributed by atoms with Crippen LogP contribution in [0.4, 0.5) is 0 Å². The van der Waals surface area contributed by atoms with Crippen molar-refractivity contribution in [3.05, 3.63) is 125 Å². The second-order valence-electron chi connectivity index (χ2n) is 11.3. The summed E-state index contributed by atoms with van der Waals surface area (Å²) in [4.78, 5) is 22.2. The Morgan fingerprint density at radius 2 is 1.73 bits per heavy atom. The third kappa shape index (κ3) is 4.00. The van der Waals surface area contributed by atoms with Crippen LogP contribution in [0, 0.1) is 12.8 Å². The molecule has 0 saturated carbocycles. The summed E-state index contributed by atoms with van der Waals surface area (Å²) >= 11 is 0. The van der Waals surface area contributed by atoms with Crippen molar-refractivity contribution >= 4 is 5.97 Å². The average molecular weight is 542 g/mol. The molecule has 41 heavy (non-hydrogen) atoms. The predicted octanol–water partition coefficient (Wildman–Crippen LogP) is 7.10. The molecule has 6 nitrogen and oxygen atoms in total. The highest BCUT2D eigenvalue weighted by Crippen LogP contribution is 2.57. The number of carbonyl (C=O) groups excluding carboxylic acids is 1. The lowest BCUT2D eigenvalue weighted by molar-refractivity contribution is 0.0600. The van der Waals surface area contributed by atoms with Gasteiger partial charge < -0.3 is 9.26 Å². The normalized spacial score (nSPS) is 21.0. The number of esters is 1. The van der Waals surface area contributed by atoms with E-state index in [9.17, 15) is 4.79 Å². The number of rotatable bonds is 4. The number of nitrogens with zero attached hydrogens (tertiary/aromatic N) is 3. The van der Waals surface area contributed by atoms with Crippen molar-refractivity contribution in [3.8, 4) is 22.4 Å². The molecule has 2 aromatic heterocycles. The summed E-state index contributed by atoms with van der Waals surface area (Å²) < 4.78 is 10.6. The van der Waals surface area contributed by atoms with Crippen molar-refractivity contribution in [2.75, 3.05) is 7.11 Å². The zero-order chi connectivity index (χ0) is 28.1. The first-order chi connectivity index (χ1) is 20.0. The van der Waals surface area contributed by atoms with Crippen molar-refractivity contribution in [1.29, 1.82) is 0 Å². The Balaban J connectivity index is 1.39. The van der Waals surface area contributed by atoms with Crippen molar-refractivity contribution in [1.82, 2.24) is 15.1 Å². The van der Waals surface area contributed by atoms with Gasteiger partial charge >= 0.3 is 5.97 Å². The maximum Gasteiger partial charge on any atom is 0.337 e. The minimum absolute atomic E-state index is 0.226. The van der Waals surface area contributed by atoms with Gasteiger partial charge in [0, 0.05) is 28.0 Å². The van der Waals surface area contributed by atoms with Gasteiger partial charge in [0.05, 0.1) is 30.3 Å². The Bertz CT molecular complexity index is 1760. The van der Waals surface area contributed by atoms with Crippen LogP contribution in [0.25, 0.3) is 22.4 Å². The maximum absolute atomic E-state index is 11.9. The van der Waals surface area contributed by atoms with E-state index < -0.39 is 0 Å². The molecular formula is C35H31N3O3. The highest BCUT2D eigenvalue weighted by molar-refractivity contribution is 5.90. The van der Waals surface area contributed by atoms with Crippen LogP contribution in [0.1, 0.15) is 63.6 Å². The lowest BCUT2D eigenvalue weighted by Gasteiger charge is -2.50. The molecule has 7 rings (SSSR count). The summed E-state index contributed by atoms with van der Waals surface area (Å²) in [5.74, 6) is 2.01. The molecule has 3 aromatic carbocycles. The van der Waals surface area contributed by atoms with Crippen LogP contribution in [-0.2, 0) is 23.0 Å². The molecule has 0 fully saturated rings. The summed E-state index contributed by atoms with van der Waals surface area (Å²) in [5, 5.41) is 4.20. The second-order valence-corrected chi connectivity index (χ2v) is 11.3. The van der Waals surface area contributed by atoms with E-state index in [0.717, 1.165) is 58.9 Å². The molecule has 0 spiro atoms. The molecule has 0 N–H and O–H groups in total. The third-order valence-electron chi connectivity index (χ3n) is 9.11. The Morgan fingerprint density at radius 3 is 2.51 bits per heavy atom. The first kappa shape index (κ1) is 25.4. The van der Waals surface area contributed by atoms with Gasteiger partial charge in [-0.2, -0.15) is 0 Å². The fraction of sp³-hybridized carbons (Fsp3) is 0.257. The summed E-state index contributed by atoms with van der Waals surface area (Å²) in [7, 11) is 1.40. The van der Waals surface area contributed by atoms with Crippen LogP contribution in [-0.4, -0.2) is 28.2 Å². The van der Waals surface area contributed by atoms with E-state index >= 15 is 0 Å². The van der Waals surface area contributed by atoms with Gasteiger partial charge in [0.1, 0.15) is 11.6 Å². The minimum atomic E-state index is -0.339. The molecule has 2 aliphatic rings. The molecule has 3 atom stereocenters. The van der Waals surface area contributed by atoms with Crippen LogP contribution in [0.15, 0.2) is 89.6 Å². The molecule has 0 aliphatic heterocycles. The summed E-state index contributed by atoms with van der Waals surface area (Å²) in [6, 6.07) is 26.9. The number of methoxy groups -OCH3 is 1. The van der Waals surface area contributed by atoms with E-state index in [1.165, 1.54) is 23.8 Å². The molecule has 0 bridgehead atoms. The lowest BCUT2D eigenvalue weighted by Crippen LogP contribution is -2.48. The van der Waals surface area contributed by atoms with E-state index in [0.29, 0.717) is 11.5 Å². The topological polar surface area (TPSA) is 78.1 Å². The smallest absolute Gasteiger partial charge is 0.337 e. The van der Waals surface area contributed by atoms with Gasteiger partial charge in [-0.25, -0.2) is 14.8 Å². The van der Waals surface area contributed by atoms with E-state index in [2.05, 4.69) is 66.7 Å². The molecule has 5 aromatic rings. The SMILES string of the molecule is COC(=O)c1ccc(-c2cccc(-c3nc(C)nc4c3CC[C@H]3[C@H](C)c5oncc5C[C@]43c3ccccc3)c2)cc1. The molecule has 0 radical (unpaired) electrons. The van der Waals surface area contributed by atoms with E-state index in [1.54, 1.807) is 12.1 Å². The number of aromatic nitrogens is 3. The number of hydrogen-bond acceptors (Lipinski definition) is 6. The lowest BCUT2D eigenvalue weighted by atomic mass is 9.53. The number of aryl methyl sites for hydroxylation is 1. The molecule has 0 amide bonds. The first-order valence-electron chi connectivity index (χ1n) is 14.2. The van der Waals surface area contributed by atoms with E-state index in [4.69, 9.17) is 19.2 Å². The monoisotopic (exact) mass is 541 g/mol. The van der Waals surface area contributed by atoms with E-state index in [-0.39, 0.29) is 17.3 Å². The van der Waals surface area contributed by atoms with Crippen LogP contribution < -0.4 is 0 Å². The molecule has 2 heterocycles. The second kappa shape index (κ2) is 9.81. The Kier molecular flexibility index (Phi) is 6.07. The molecule has 204 valence electrons. The first-order valence-corrected chi connectivity index (χ1v) is 14.2. The zero-order valence-corrected chi connectivity index (χ0v) is 23.4. The fourth-order valence-electron chi connectivity index (χ4n) is 7.27. The van der Waals surface area contributed by atoms with E-state index in [1.807, 2.05) is 25.3 Å². The van der Waals surface area contributed by atoms with Crippen LogP contribution in [0.2, 0.25) is 0 Å². The molecular weight excluding hydrogens is 510 g/mol. The summed E-state index contributed by atoms with van der Waals surface area (Å²) in [6.45, 7) is 4.28. The maximum atomic E-state index is 11.9. The molecule has 6 heteroatoms. The van der Waals surface area contributed by atoms with Crippen LogP contribution in [0.5, 0.6) is 0 Å². The summed E-state index contributed by atoms with van der Waals surface area (Å²) in [5.41, 5.74) is 9.21. The van der Waals surface area contributed by atoms with Crippen molar-refractivity contribution in [2.24, 2.45) is 5.92 Å². The summed E-state index contributed by atoms with van der Waals surface area (Å²) in [6.07, 6.45) is 4.61. The predicted molar refractivity (Wildman–Crippen MR) is 157 cm³/mol. The number of fused-ring (bicyclic) bond motifs is 4. The van der Waals surface area contributed by atoms with Gasteiger partial charge in [0.2, 0.25) is 0 Å². The fourth-order valence-corrected chi connectivity index (χ4v) is 7.27. The standard InChI is InChI=1S/C35H31N3O3/c1-21-30-17-16-29-31(26-9-7-8-25(18-26)23-12-14-24(15-13-23)34(39)40-3)37-22(2)38-33(29)35(30,28-10-5-4-6-11-28)19-27-20-36-41-32(21)27/h4-15,18,20-21,30H,16-17,19H2,1-3H3/t21-,30-,35+/m0/s1. The largest absolute Gasteiger partial charge is 0.465 e. The van der Waals surface area contributed by atoms with Gasteiger partial charge in [-0.1, -0.05) is 72.7 Å². The number of benzene rings is 3. The number of carbonyl (C=O) groups is 1. The number of hydrogen-bond donors (Lipinski definition) is 0. The average Bonchev–Trinajstić information content (AvgIpc) is 3.50.